The Bertz CT molecular complexity index is 1460. The van der Waals surface area contributed by atoms with Gasteiger partial charge in [-0.05, 0) is 62.5 Å². The quantitative estimate of drug-likeness (QED) is 0.253. The standard InChI is InChI=1S/C27H20N2O4S3/c1-3-28-25(32)20(26(33)29(4-2)27(28)34)14-16-10-12-22(36-16)21-11-9-15(35-21)13-19-23(30)17-7-5-6-8-18(17)24(19)31/h5-14H,3-4H2,1-2H3. The number of thiocarbonyl (C=S) groups is 1. The van der Waals surface area contributed by atoms with E-state index in [9.17, 15) is 19.2 Å². The molecule has 0 N–H and O–H groups in total. The molecule has 2 aliphatic rings. The summed E-state index contributed by atoms with van der Waals surface area (Å²) in [7, 11) is 0. The van der Waals surface area contributed by atoms with Gasteiger partial charge in [0.2, 0.25) is 0 Å². The molecule has 1 aliphatic heterocycles. The van der Waals surface area contributed by atoms with Crippen molar-refractivity contribution >= 4 is 75.5 Å². The summed E-state index contributed by atoms with van der Waals surface area (Å²) in [5.74, 6) is -1.27. The smallest absolute Gasteiger partial charge is 0.265 e. The molecule has 0 atom stereocenters. The van der Waals surface area contributed by atoms with Crippen LogP contribution in [-0.4, -0.2) is 51.4 Å². The molecule has 0 unspecified atom stereocenters. The Hall–Kier alpha value is -3.53. The van der Waals surface area contributed by atoms with Crippen molar-refractivity contribution in [1.82, 2.24) is 9.80 Å². The highest BCUT2D eigenvalue weighted by Crippen LogP contribution is 2.37. The summed E-state index contributed by atoms with van der Waals surface area (Å²) in [5.41, 5.74) is 1.15. The average molecular weight is 533 g/mol. The first-order valence-electron chi connectivity index (χ1n) is 11.3. The molecule has 0 radical (unpaired) electrons. The van der Waals surface area contributed by atoms with Crippen molar-refractivity contribution in [3.8, 4) is 9.75 Å². The topological polar surface area (TPSA) is 74.8 Å². The Balaban J connectivity index is 1.41. The number of likely N-dealkylation sites (N-methyl/N-ethyl adjacent to an activating group) is 2. The summed E-state index contributed by atoms with van der Waals surface area (Å²) >= 11 is 8.24. The van der Waals surface area contributed by atoms with Crippen LogP contribution in [0, 0.1) is 0 Å². The van der Waals surface area contributed by atoms with Gasteiger partial charge in [-0.2, -0.15) is 0 Å². The SMILES string of the molecule is CCN1C(=O)C(=Cc2ccc(-c3ccc(C=C4C(=O)c5ccccc5C4=O)s3)s2)C(=O)N(CC)C1=S. The molecule has 1 fully saturated rings. The molecular formula is C27H20N2O4S3. The Morgan fingerprint density at radius 1 is 0.694 bits per heavy atom. The van der Waals surface area contributed by atoms with Gasteiger partial charge in [-0.3, -0.25) is 29.0 Å². The van der Waals surface area contributed by atoms with Crippen LogP contribution in [0.25, 0.3) is 21.9 Å². The molecule has 0 bridgehead atoms. The zero-order chi connectivity index (χ0) is 25.6. The molecule has 5 rings (SSSR count). The van der Waals surface area contributed by atoms with E-state index in [1.54, 1.807) is 36.4 Å². The van der Waals surface area contributed by atoms with E-state index < -0.39 is 0 Å². The van der Waals surface area contributed by atoms with Crippen LogP contribution >= 0.6 is 34.9 Å². The number of benzene rings is 1. The number of fused-ring (bicyclic) bond motifs is 1. The van der Waals surface area contributed by atoms with Crippen molar-refractivity contribution in [3.05, 3.63) is 80.6 Å². The van der Waals surface area contributed by atoms with Crippen LogP contribution in [-0.2, 0) is 9.59 Å². The molecule has 3 aromatic rings. The molecule has 3 heterocycles. The summed E-state index contributed by atoms with van der Waals surface area (Å²) < 4.78 is 0. The largest absolute Gasteiger partial charge is 0.288 e. The number of hydrogen-bond acceptors (Lipinski definition) is 7. The van der Waals surface area contributed by atoms with E-state index in [4.69, 9.17) is 12.2 Å². The van der Waals surface area contributed by atoms with Crippen LogP contribution in [0.5, 0.6) is 0 Å². The lowest BCUT2D eigenvalue weighted by Crippen LogP contribution is -2.55. The molecule has 36 heavy (non-hydrogen) atoms. The number of carbonyl (C=O) groups is 4. The number of hydrogen-bond donors (Lipinski definition) is 0. The van der Waals surface area contributed by atoms with Gasteiger partial charge in [-0.15, -0.1) is 22.7 Å². The second-order valence-corrected chi connectivity index (χ2v) is 10.7. The van der Waals surface area contributed by atoms with Gasteiger partial charge in [-0.25, -0.2) is 0 Å². The molecule has 2 amide bonds. The van der Waals surface area contributed by atoms with Crippen molar-refractivity contribution in [1.29, 1.82) is 0 Å². The van der Waals surface area contributed by atoms with Gasteiger partial charge in [-0.1, -0.05) is 24.3 Å². The molecule has 1 saturated heterocycles. The second kappa shape index (κ2) is 9.50. The van der Waals surface area contributed by atoms with Crippen molar-refractivity contribution in [2.45, 2.75) is 13.8 Å². The number of Topliss-reactive ketones (excluding diaryl/α,β-unsaturated/α-hetero) is 2. The number of ketones is 2. The Kier molecular flexibility index (Phi) is 6.38. The van der Waals surface area contributed by atoms with Gasteiger partial charge in [0.25, 0.3) is 11.8 Å². The van der Waals surface area contributed by atoms with Gasteiger partial charge in [0.05, 0.1) is 5.57 Å². The van der Waals surface area contributed by atoms with E-state index in [0.29, 0.717) is 24.2 Å². The predicted octanol–water partition coefficient (Wildman–Crippen LogP) is 5.32. The summed E-state index contributed by atoms with van der Waals surface area (Å²) in [6.07, 6.45) is 3.27. The van der Waals surface area contributed by atoms with Gasteiger partial charge in [0, 0.05) is 43.7 Å². The van der Waals surface area contributed by atoms with Crippen LogP contribution in [0.1, 0.15) is 44.3 Å². The fraction of sp³-hybridized carbons (Fsp3) is 0.148. The van der Waals surface area contributed by atoms with E-state index in [1.165, 1.54) is 32.5 Å². The van der Waals surface area contributed by atoms with Crippen molar-refractivity contribution < 1.29 is 19.2 Å². The minimum absolute atomic E-state index is 0.0927. The van der Waals surface area contributed by atoms with E-state index in [-0.39, 0.29) is 39.6 Å². The normalized spacial score (nSPS) is 15.8. The zero-order valence-corrected chi connectivity index (χ0v) is 21.9. The summed E-state index contributed by atoms with van der Waals surface area (Å²) in [5, 5.41) is 0.238. The summed E-state index contributed by atoms with van der Waals surface area (Å²) in [6.45, 7) is 4.42. The van der Waals surface area contributed by atoms with E-state index >= 15 is 0 Å². The Labute approximate surface area is 221 Å². The first-order valence-corrected chi connectivity index (χ1v) is 13.4. The molecule has 6 nitrogen and oxygen atoms in total. The van der Waals surface area contributed by atoms with Crippen molar-refractivity contribution in [2.24, 2.45) is 0 Å². The minimum atomic E-state index is -0.385. The highest BCUT2D eigenvalue weighted by Gasteiger charge is 2.38. The van der Waals surface area contributed by atoms with Gasteiger partial charge >= 0.3 is 0 Å². The minimum Gasteiger partial charge on any atom is -0.288 e. The number of nitrogens with zero attached hydrogens (tertiary/aromatic N) is 2. The molecule has 180 valence electrons. The molecular weight excluding hydrogens is 513 g/mol. The Morgan fingerprint density at radius 3 is 1.58 bits per heavy atom. The number of thiophene rings is 2. The molecule has 2 aromatic heterocycles. The lowest BCUT2D eigenvalue weighted by molar-refractivity contribution is -0.133. The van der Waals surface area contributed by atoms with E-state index in [0.717, 1.165) is 19.5 Å². The van der Waals surface area contributed by atoms with Crippen LogP contribution < -0.4 is 0 Å². The first-order chi connectivity index (χ1) is 17.3. The summed E-state index contributed by atoms with van der Waals surface area (Å²) in [4.78, 5) is 57.5. The molecule has 9 heteroatoms. The maximum atomic E-state index is 12.9. The van der Waals surface area contributed by atoms with Crippen LogP contribution in [0.3, 0.4) is 0 Å². The van der Waals surface area contributed by atoms with Crippen LogP contribution in [0.2, 0.25) is 0 Å². The van der Waals surface area contributed by atoms with Crippen molar-refractivity contribution in [3.63, 3.8) is 0 Å². The third kappa shape index (κ3) is 3.99. The second-order valence-electron chi connectivity index (χ2n) is 8.11. The van der Waals surface area contributed by atoms with Crippen LogP contribution in [0.4, 0.5) is 0 Å². The fourth-order valence-electron chi connectivity index (χ4n) is 4.20. The predicted molar refractivity (Wildman–Crippen MR) is 146 cm³/mol. The number of amides is 2. The fourth-order valence-corrected chi connectivity index (χ4v) is 6.61. The highest BCUT2D eigenvalue weighted by atomic mass is 32.1. The zero-order valence-electron chi connectivity index (χ0n) is 19.4. The number of allylic oxidation sites excluding steroid dienone is 1. The lowest BCUT2D eigenvalue weighted by atomic mass is 10.1. The van der Waals surface area contributed by atoms with Gasteiger partial charge in [0.1, 0.15) is 5.57 Å². The van der Waals surface area contributed by atoms with E-state index in [2.05, 4.69) is 0 Å². The van der Waals surface area contributed by atoms with Crippen LogP contribution in [0.15, 0.2) is 59.7 Å². The molecule has 1 aromatic carbocycles. The highest BCUT2D eigenvalue weighted by molar-refractivity contribution is 7.80. The number of rotatable bonds is 5. The maximum absolute atomic E-state index is 12.9. The third-order valence-electron chi connectivity index (χ3n) is 6.02. The van der Waals surface area contributed by atoms with E-state index in [1.807, 2.05) is 38.1 Å². The van der Waals surface area contributed by atoms with Gasteiger partial charge < -0.3 is 0 Å². The van der Waals surface area contributed by atoms with Crippen molar-refractivity contribution in [2.75, 3.05) is 13.1 Å². The average Bonchev–Trinajstić information content (AvgIpc) is 3.59. The lowest BCUT2D eigenvalue weighted by Gasteiger charge is -2.35. The Morgan fingerprint density at radius 2 is 1.14 bits per heavy atom. The molecule has 0 spiro atoms. The monoisotopic (exact) mass is 532 g/mol. The molecule has 0 saturated carbocycles. The maximum Gasteiger partial charge on any atom is 0.265 e. The van der Waals surface area contributed by atoms with Gasteiger partial charge in [0.15, 0.2) is 16.7 Å². The number of carbonyl (C=O) groups excluding carboxylic acids is 4. The molecule has 1 aliphatic carbocycles. The summed E-state index contributed by atoms with van der Waals surface area (Å²) in [6, 6.07) is 14.5. The third-order valence-corrected chi connectivity index (χ3v) is 8.72. The first kappa shape index (κ1) is 24.2.